The van der Waals surface area contributed by atoms with Gasteiger partial charge in [0.25, 0.3) is 0 Å². The van der Waals surface area contributed by atoms with Gasteiger partial charge in [-0.3, -0.25) is 4.79 Å². The number of benzene rings is 1. The third kappa shape index (κ3) is 2.30. The SMILES string of the molecule is COC(=O)c1cccc(C2CC2C(=O)OC)c1. The van der Waals surface area contributed by atoms with Crippen LogP contribution in [0.3, 0.4) is 0 Å². The van der Waals surface area contributed by atoms with Crippen molar-refractivity contribution in [1.29, 1.82) is 0 Å². The molecule has 0 N–H and O–H groups in total. The van der Waals surface area contributed by atoms with Crippen molar-refractivity contribution in [2.24, 2.45) is 5.92 Å². The van der Waals surface area contributed by atoms with E-state index in [2.05, 4.69) is 4.74 Å². The third-order valence-corrected chi connectivity index (χ3v) is 3.03. The number of carbonyl (C=O) groups is 2. The second kappa shape index (κ2) is 4.57. The third-order valence-electron chi connectivity index (χ3n) is 3.03. The summed E-state index contributed by atoms with van der Waals surface area (Å²) in [7, 11) is 2.74. The molecule has 1 aliphatic rings. The van der Waals surface area contributed by atoms with Gasteiger partial charge in [0.2, 0.25) is 0 Å². The summed E-state index contributed by atoms with van der Waals surface area (Å²) in [6.45, 7) is 0. The molecule has 4 heteroatoms. The van der Waals surface area contributed by atoms with Gasteiger partial charge < -0.3 is 9.47 Å². The van der Waals surface area contributed by atoms with Gasteiger partial charge in [-0.05, 0) is 30.0 Å². The summed E-state index contributed by atoms with van der Waals surface area (Å²) in [5.41, 5.74) is 1.50. The zero-order valence-corrected chi connectivity index (χ0v) is 9.80. The first-order valence-corrected chi connectivity index (χ1v) is 5.43. The maximum Gasteiger partial charge on any atom is 0.337 e. The molecule has 2 unspecified atom stereocenters. The van der Waals surface area contributed by atoms with Gasteiger partial charge in [0, 0.05) is 0 Å². The normalized spacial score (nSPS) is 21.8. The summed E-state index contributed by atoms with van der Waals surface area (Å²) < 4.78 is 9.35. The maximum absolute atomic E-state index is 11.4. The lowest BCUT2D eigenvalue weighted by molar-refractivity contribution is -0.142. The Morgan fingerprint density at radius 3 is 2.65 bits per heavy atom. The van der Waals surface area contributed by atoms with E-state index in [-0.39, 0.29) is 23.8 Å². The predicted molar refractivity (Wildman–Crippen MR) is 60.6 cm³/mol. The minimum atomic E-state index is -0.359. The minimum absolute atomic E-state index is 0.0621. The van der Waals surface area contributed by atoms with Gasteiger partial charge in [-0.1, -0.05) is 12.1 Å². The van der Waals surface area contributed by atoms with Crippen LogP contribution in [0.25, 0.3) is 0 Å². The van der Waals surface area contributed by atoms with E-state index < -0.39 is 0 Å². The summed E-state index contributed by atoms with van der Waals surface area (Å²) in [6, 6.07) is 7.19. The molecular weight excluding hydrogens is 220 g/mol. The van der Waals surface area contributed by atoms with Crippen molar-refractivity contribution >= 4 is 11.9 Å². The van der Waals surface area contributed by atoms with Crippen LogP contribution in [0.1, 0.15) is 28.3 Å². The number of methoxy groups -OCH3 is 2. The number of ether oxygens (including phenoxy) is 2. The predicted octanol–water partition coefficient (Wildman–Crippen LogP) is 1.75. The number of rotatable bonds is 3. The lowest BCUT2D eigenvalue weighted by atomic mass is 10.1. The molecule has 0 aliphatic heterocycles. The Hall–Kier alpha value is -1.84. The molecule has 4 nitrogen and oxygen atoms in total. The van der Waals surface area contributed by atoms with Gasteiger partial charge in [0.1, 0.15) is 0 Å². The topological polar surface area (TPSA) is 52.6 Å². The van der Waals surface area contributed by atoms with Crippen molar-refractivity contribution < 1.29 is 19.1 Å². The second-order valence-corrected chi connectivity index (χ2v) is 4.09. The largest absolute Gasteiger partial charge is 0.469 e. The van der Waals surface area contributed by atoms with E-state index in [1.807, 2.05) is 6.07 Å². The number of hydrogen-bond donors (Lipinski definition) is 0. The van der Waals surface area contributed by atoms with Gasteiger partial charge in [0.05, 0.1) is 25.7 Å². The van der Waals surface area contributed by atoms with E-state index in [1.54, 1.807) is 18.2 Å². The molecule has 2 atom stereocenters. The van der Waals surface area contributed by atoms with Crippen LogP contribution in [0, 0.1) is 5.92 Å². The summed E-state index contributed by atoms with van der Waals surface area (Å²) in [5, 5.41) is 0. The molecule has 0 bridgehead atoms. The summed E-state index contributed by atoms with van der Waals surface area (Å²) in [4.78, 5) is 22.7. The van der Waals surface area contributed by atoms with E-state index >= 15 is 0 Å². The first-order chi connectivity index (χ1) is 8.17. The molecule has 0 amide bonds. The standard InChI is InChI=1S/C13H14O4/c1-16-12(14)9-5-3-4-8(6-9)10-7-11(10)13(15)17-2/h3-6,10-11H,7H2,1-2H3. The number of hydrogen-bond acceptors (Lipinski definition) is 4. The fourth-order valence-corrected chi connectivity index (χ4v) is 1.99. The average Bonchev–Trinajstić information content (AvgIpc) is 3.17. The van der Waals surface area contributed by atoms with Crippen molar-refractivity contribution in [2.75, 3.05) is 14.2 Å². The zero-order valence-electron chi connectivity index (χ0n) is 9.80. The van der Waals surface area contributed by atoms with Gasteiger partial charge >= 0.3 is 11.9 Å². The molecule has 90 valence electrons. The van der Waals surface area contributed by atoms with Crippen LogP contribution >= 0.6 is 0 Å². The highest BCUT2D eigenvalue weighted by atomic mass is 16.5. The fourth-order valence-electron chi connectivity index (χ4n) is 1.99. The molecule has 1 aromatic rings. The molecule has 0 radical (unpaired) electrons. The van der Waals surface area contributed by atoms with Crippen LogP contribution in [0.5, 0.6) is 0 Å². The highest BCUT2D eigenvalue weighted by Crippen LogP contribution is 2.48. The molecule has 0 saturated heterocycles. The van der Waals surface area contributed by atoms with E-state index in [1.165, 1.54) is 14.2 Å². The van der Waals surface area contributed by atoms with Crippen molar-refractivity contribution in [3.8, 4) is 0 Å². The summed E-state index contributed by atoms with van der Waals surface area (Å²) in [5.74, 6) is -0.430. The summed E-state index contributed by atoms with van der Waals surface area (Å²) >= 11 is 0. The van der Waals surface area contributed by atoms with Crippen LogP contribution in [-0.4, -0.2) is 26.2 Å². The van der Waals surface area contributed by atoms with Gasteiger partial charge in [-0.2, -0.15) is 0 Å². The minimum Gasteiger partial charge on any atom is -0.469 e. The van der Waals surface area contributed by atoms with E-state index in [9.17, 15) is 9.59 Å². The molecule has 1 aliphatic carbocycles. The van der Waals surface area contributed by atoms with Crippen LogP contribution in [-0.2, 0) is 14.3 Å². The second-order valence-electron chi connectivity index (χ2n) is 4.09. The van der Waals surface area contributed by atoms with Crippen molar-refractivity contribution in [2.45, 2.75) is 12.3 Å². The molecule has 1 fully saturated rings. The zero-order chi connectivity index (χ0) is 12.4. The van der Waals surface area contributed by atoms with Gasteiger partial charge in [-0.25, -0.2) is 4.79 Å². The van der Waals surface area contributed by atoms with E-state index in [0.29, 0.717) is 5.56 Å². The van der Waals surface area contributed by atoms with Crippen molar-refractivity contribution in [3.63, 3.8) is 0 Å². The monoisotopic (exact) mass is 234 g/mol. The Morgan fingerprint density at radius 1 is 1.24 bits per heavy atom. The first-order valence-electron chi connectivity index (χ1n) is 5.43. The number of esters is 2. The highest BCUT2D eigenvalue weighted by Gasteiger charge is 2.44. The van der Waals surface area contributed by atoms with Crippen molar-refractivity contribution in [3.05, 3.63) is 35.4 Å². The Kier molecular flexibility index (Phi) is 3.13. The Morgan fingerprint density at radius 2 is 2.00 bits per heavy atom. The molecule has 2 rings (SSSR count). The van der Waals surface area contributed by atoms with E-state index in [0.717, 1.165) is 12.0 Å². The molecular formula is C13H14O4. The Labute approximate surface area is 99.5 Å². The fraction of sp³-hybridized carbons (Fsp3) is 0.385. The first kappa shape index (κ1) is 11.6. The van der Waals surface area contributed by atoms with Gasteiger partial charge in [-0.15, -0.1) is 0 Å². The Balaban J connectivity index is 2.13. The molecule has 0 spiro atoms. The lowest BCUT2D eigenvalue weighted by Gasteiger charge is -2.03. The highest BCUT2D eigenvalue weighted by molar-refractivity contribution is 5.89. The lowest BCUT2D eigenvalue weighted by Crippen LogP contribution is -2.05. The molecule has 17 heavy (non-hydrogen) atoms. The average molecular weight is 234 g/mol. The maximum atomic E-state index is 11.4. The molecule has 1 saturated carbocycles. The van der Waals surface area contributed by atoms with Crippen molar-refractivity contribution in [1.82, 2.24) is 0 Å². The summed E-state index contributed by atoms with van der Waals surface area (Å²) in [6.07, 6.45) is 0.789. The van der Waals surface area contributed by atoms with Crippen LogP contribution in [0.2, 0.25) is 0 Å². The van der Waals surface area contributed by atoms with Crippen LogP contribution in [0.4, 0.5) is 0 Å². The molecule has 0 heterocycles. The molecule has 0 aromatic heterocycles. The molecule has 1 aromatic carbocycles. The van der Waals surface area contributed by atoms with Crippen LogP contribution in [0.15, 0.2) is 24.3 Å². The van der Waals surface area contributed by atoms with Crippen LogP contribution < -0.4 is 0 Å². The van der Waals surface area contributed by atoms with E-state index in [4.69, 9.17) is 4.74 Å². The number of carbonyl (C=O) groups excluding carboxylic acids is 2. The quantitative estimate of drug-likeness (QED) is 0.748. The van der Waals surface area contributed by atoms with Gasteiger partial charge in [0.15, 0.2) is 0 Å². The smallest absolute Gasteiger partial charge is 0.337 e. The Bertz CT molecular complexity index is 452.